The van der Waals surface area contributed by atoms with E-state index < -0.39 is 23.4 Å². The summed E-state index contributed by atoms with van der Waals surface area (Å²) in [5.41, 5.74) is -0.738. The molecule has 3 nitrogen and oxygen atoms in total. The number of benzene rings is 1. The van der Waals surface area contributed by atoms with E-state index >= 15 is 0 Å². The maximum absolute atomic E-state index is 12.4. The molecule has 0 atom stereocenters. The van der Waals surface area contributed by atoms with Gasteiger partial charge in [-0.05, 0) is 24.6 Å². The molecule has 0 aliphatic carbocycles. The molecule has 1 aliphatic rings. The van der Waals surface area contributed by atoms with Crippen LogP contribution in [0.5, 0.6) is 0 Å². The Morgan fingerprint density at radius 2 is 1.81 bits per heavy atom. The maximum Gasteiger partial charge on any atom is 0.416 e. The van der Waals surface area contributed by atoms with Crippen molar-refractivity contribution in [3.05, 3.63) is 28.8 Å². The van der Waals surface area contributed by atoms with E-state index in [1.807, 2.05) is 0 Å². The van der Waals surface area contributed by atoms with Gasteiger partial charge >= 0.3 is 6.18 Å². The third-order valence-corrected chi connectivity index (χ3v) is 2.35. The lowest BCUT2D eigenvalue weighted by molar-refractivity contribution is -0.137. The van der Waals surface area contributed by atoms with Crippen LogP contribution in [0.1, 0.15) is 21.5 Å². The highest BCUT2D eigenvalue weighted by atomic mass is 19.4. The summed E-state index contributed by atoms with van der Waals surface area (Å²) >= 11 is 0. The van der Waals surface area contributed by atoms with E-state index in [-0.39, 0.29) is 16.8 Å². The van der Waals surface area contributed by atoms with Crippen molar-refractivity contribution in [1.29, 1.82) is 0 Å². The van der Waals surface area contributed by atoms with Gasteiger partial charge in [0.25, 0.3) is 11.7 Å². The fraction of sp³-hybridized carbons (Fsp3) is 0.200. The molecule has 1 N–H and O–H groups in total. The van der Waals surface area contributed by atoms with Gasteiger partial charge in [-0.25, -0.2) is 0 Å². The van der Waals surface area contributed by atoms with E-state index in [2.05, 4.69) is 5.32 Å². The molecule has 0 unspecified atom stereocenters. The quantitative estimate of drug-likeness (QED) is 0.693. The van der Waals surface area contributed by atoms with Crippen LogP contribution in [0, 0.1) is 6.92 Å². The number of aryl methyl sites for hydroxylation is 1. The number of amides is 1. The number of anilines is 1. The number of Topliss-reactive ketones (excluding diaryl/α,β-unsaturated/α-hetero) is 1. The summed E-state index contributed by atoms with van der Waals surface area (Å²) in [4.78, 5) is 22.3. The van der Waals surface area contributed by atoms with Gasteiger partial charge in [-0.1, -0.05) is 0 Å². The standard InChI is InChI=1S/C10H6F3NO2/c1-4-2-5(10(11,12)13)3-6-7(4)14-9(16)8(6)15/h2-3H,1H3,(H,14,15,16). The van der Waals surface area contributed by atoms with Gasteiger partial charge in [-0.15, -0.1) is 0 Å². The second-order valence-corrected chi connectivity index (χ2v) is 3.50. The lowest BCUT2D eigenvalue weighted by Gasteiger charge is -2.10. The number of halogens is 3. The fourth-order valence-electron chi connectivity index (χ4n) is 1.59. The molecule has 6 heteroatoms. The molecule has 0 fully saturated rings. The van der Waals surface area contributed by atoms with Crippen LogP contribution in [0.2, 0.25) is 0 Å². The van der Waals surface area contributed by atoms with Gasteiger partial charge < -0.3 is 5.32 Å². The predicted octanol–water partition coefficient (Wildman–Crippen LogP) is 2.15. The largest absolute Gasteiger partial charge is 0.416 e. The molecule has 0 bridgehead atoms. The minimum absolute atomic E-state index is 0.169. The molecular formula is C10H6F3NO2. The normalized spacial score (nSPS) is 15.0. The van der Waals surface area contributed by atoms with Gasteiger partial charge in [0.2, 0.25) is 0 Å². The van der Waals surface area contributed by atoms with Gasteiger partial charge in [-0.3, -0.25) is 9.59 Å². The molecule has 1 heterocycles. The van der Waals surface area contributed by atoms with Gasteiger partial charge in [0.1, 0.15) is 0 Å². The zero-order chi connectivity index (χ0) is 12.1. The first-order chi connectivity index (χ1) is 7.30. The SMILES string of the molecule is Cc1cc(C(F)(F)F)cc2c1NC(=O)C2=O. The van der Waals surface area contributed by atoms with E-state index in [0.29, 0.717) is 6.07 Å². The van der Waals surface area contributed by atoms with E-state index in [4.69, 9.17) is 0 Å². The summed E-state index contributed by atoms with van der Waals surface area (Å²) in [6, 6.07) is 1.60. The van der Waals surface area contributed by atoms with Crippen molar-refractivity contribution in [1.82, 2.24) is 0 Å². The van der Waals surface area contributed by atoms with Gasteiger partial charge in [-0.2, -0.15) is 13.2 Å². The lowest BCUT2D eigenvalue weighted by atomic mass is 10.0. The number of carbonyl (C=O) groups is 2. The van der Waals surface area contributed by atoms with Crippen LogP contribution in [0.3, 0.4) is 0 Å². The van der Waals surface area contributed by atoms with E-state index in [0.717, 1.165) is 6.07 Å². The van der Waals surface area contributed by atoms with Gasteiger partial charge in [0.15, 0.2) is 0 Å². The first-order valence-electron chi connectivity index (χ1n) is 4.38. The summed E-state index contributed by atoms with van der Waals surface area (Å²) in [6.07, 6.45) is -4.52. The zero-order valence-corrected chi connectivity index (χ0v) is 8.11. The molecule has 16 heavy (non-hydrogen) atoms. The van der Waals surface area contributed by atoms with Crippen molar-refractivity contribution in [3.8, 4) is 0 Å². The number of fused-ring (bicyclic) bond motifs is 1. The van der Waals surface area contributed by atoms with Crippen molar-refractivity contribution >= 4 is 17.4 Å². The number of hydrogen-bond acceptors (Lipinski definition) is 2. The molecule has 0 saturated carbocycles. The lowest BCUT2D eigenvalue weighted by Crippen LogP contribution is -2.12. The van der Waals surface area contributed by atoms with Gasteiger partial charge in [0, 0.05) is 0 Å². The third-order valence-electron chi connectivity index (χ3n) is 2.35. The molecular weight excluding hydrogens is 223 g/mol. The smallest absolute Gasteiger partial charge is 0.318 e. The highest BCUT2D eigenvalue weighted by Gasteiger charge is 2.36. The summed E-state index contributed by atoms with van der Waals surface area (Å²) in [6.45, 7) is 1.41. The Labute approximate surface area is 88.3 Å². The number of carbonyl (C=O) groups excluding carboxylic acids is 2. The average Bonchev–Trinajstić information content (AvgIpc) is 2.44. The molecule has 1 aromatic rings. The predicted molar refractivity (Wildman–Crippen MR) is 49.1 cm³/mol. The van der Waals surface area contributed by atoms with Crippen LogP contribution in [-0.4, -0.2) is 11.7 Å². The molecule has 2 rings (SSSR count). The third kappa shape index (κ3) is 1.46. The summed E-state index contributed by atoms with van der Waals surface area (Å²) in [5.74, 6) is -1.82. The van der Waals surface area contributed by atoms with Gasteiger partial charge in [0.05, 0.1) is 16.8 Å². The van der Waals surface area contributed by atoms with E-state index in [9.17, 15) is 22.8 Å². The van der Waals surface area contributed by atoms with Crippen LogP contribution >= 0.6 is 0 Å². The molecule has 0 radical (unpaired) electrons. The molecule has 0 aromatic heterocycles. The van der Waals surface area contributed by atoms with Crippen molar-refractivity contribution in [2.24, 2.45) is 0 Å². The number of rotatable bonds is 0. The van der Waals surface area contributed by atoms with Crippen molar-refractivity contribution in [2.75, 3.05) is 5.32 Å². The molecule has 1 aliphatic heterocycles. The van der Waals surface area contributed by atoms with Crippen LogP contribution in [0.25, 0.3) is 0 Å². The van der Waals surface area contributed by atoms with Crippen molar-refractivity contribution < 1.29 is 22.8 Å². The van der Waals surface area contributed by atoms with Crippen molar-refractivity contribution in [2.45, 2.75) is 13.1 Å². The Bertz CT molecular complexity index is 506. The highest BCUT2D eigenvalue weighted by Crippen LogP contribution is 2.35. The fourth-order valence-corrected chi connectivity index (χ4v) is 1.59. The number of ketones is 1. The molecule has 0 spiro atoms. The zero-order valence-electron chi connectivity index (χ0n) is 8.11. The van der Waals surface area contributed by atoms with Crippen LogP contribution in [-0.2, 0) is 11.0 Å². The van der Waals surface area contributed by atoms with E-state index in [1.54, 1.807) is 0 Å². The molecule has 1 amide bonds. The second-order valence-electron chi connectivity index (χ2n) is 3.50. The Kier molecular flexibility index (Phi) is 2.04. The number of hydrogen-bond donors (Lipinski definition) is 1. The molecule has 0 saturated heterocycles. The molecule has 84 valence electrons. The molecule has 1 aromatic carbocycles. The Hall–Kier alpha value is -1.85. The summed E-state index contributed by atoms with van der Waals surface area (Å²) in [5, 5.41) is 2.24. The first-order valence-corrected chi connectivity index (χ1v) is 4.38. The number of nitrogens with one attached hydrogen (secondary N) is 1. The number of alkyl halides is 3. The average molecular weight is 229 g/mol. The van der Waals surface area contributed by atoms with Crippen molar-refractivity contribution in [3.63, 3.8) is 0 Å². The van der Waals surface area contributed by atoms with Crippen LogP contribution in [0.4, 0.5) is 18.9 Å². The topological polar surface area (TPSA) is 46.2 Å². The van der Waals surface area contributed by atoms with Crippen LogP contribution < -0.4 is 5.32 Å². The first kappa shape index (κ1) is 10.7. The van der Waals surface area contributed by atoms with E-state index in [1.165, 1.54) is 6.92 Å². The second kappa shape index (κ2) is 3.07. The summed E-state index contributed by atoms with van der Waals surface area (Å²) < 4.78 is 37.3. The minimum atomic E-state index is -4.52. The maximum atomic E-state index is 12.4. The Balaban J connectivity index is 2.64. The Morgan fingerprint density at radius 3 is 2.38 bits per heavy atom. The van der Waals surface area contributed by atoms with Crippen LogP contribution in [0.15, 0.2) is 12.1 Å². The summed E-state index contributed by atoms with van der Waals surface area (Å²) in [7, 11) is 0. The highest BCUT2D eigenvalue weighted by molar-refractivity contribution is 6.51. The minimum Gasteiger partial charge on any atom is -0.318 e. The monoisotopic (exact) mass is 229 g/mol. The Morgan fingerprint density at radius 1 is 1.19 bits per heavy atom.